The van der Waals surface area contributed by atoms with Crippen LogP contribution in [0.1, 0.15) is 18.1 Å². The Kier molecular flexibility index (Phi) is 2.33. The van der Waals surface area contributed by atoms with Gasteiger partial charge in [0.25, 0.3) is 5.91 Å². The SMILES string of the molecule is CC(=O)N1C(=O)C(O)(c2ccoc2)c2ccccc21. The predicted octanol–water partition coefficient (Wildman–Crippen LogP) is 1.41. The van der Waals surface area contributed by atoms with E-state index < -0.39 is 17.4 Å². The number of anilines is 1. The highest BCUT2D eigenvalue weighted by Crippen LogP contribution is 2.44. The number of benzene rings is 1. The summed E-state index contributed by atoms with van der Waals surface area (Å²) < 4.78 is 4.94. The van der Waals surface area contributed by atoms with Crippen molar-refractivity contribution in [1.29, 1.82) is 0 Å². The molecule has 2 amide bonds. The summed E-state index contributed by atoms with van der Waals surface area (Å²) >= 11 is 0. The fourth-order valence-electron chi connectivity index (χ4n) is 2.42. The minimum absolute atomic E-state index is 0.314. The fraction of sp³-hybridized carbons (Fsp3) is 0.143. The maximum atomic E-state index is 12.4. The van der Waals surface area contributed by atoms with E-state index in [1.807, 2.05) is 0 Å². The second-order valence-electron chi connectivity index (χ2n) is 4.40. The normalized spacial score (nSPS) is 21.6. The number of nitrogens with zero attached hydrogens (tertiary/aromatic N) is 1. The lowest BCUT2D eigenvalue weighted by atomic mass is 9.89. The molecule has 1 aliphatic heterocycles. The van der Waals surface area contributed by atoms with E-state index in [2.05, 4.69) is 0 Å². The number of hydrogen-bond acceptors (Lipinski definition) is 4. The highest BCUT2D eigenvalue weighted by atomic mass is 16.3. The van der Waals surface area contributed by atoms with Crippen molar-refractivity contribution in [3.05, 3.63) is 54.0 Å². The molecule has 0 fully saturated rings. The van der Waals surface area contributed by atoms with Gasteiger partial charge in [-0.2, -0.15) is 0 Å². The molecule has 1 atom stereocenters. The minimum Gasteiger partial charge on any atom is -0.472 e. The standard InChI is InChI=1S/C14H11NO4/c1-9(16)15-12-5-3-2-4-11(12)14(18,13(15)17)10-6-7-19-8-10/h2-8,18H,1H3. The molecule has 1 aromatic heterocycles. The molecule has 2 aromatic rings. The van der Waals surface area contributed by atoms with Gasteiger partial charge in [-0.15, -0.1) is 0 Å². The molecule has 2 heterocycles. The van der Waals surface area contributed by atoms with Crippen LogP contribution in [0.5, 0.6) is 0 Å². The molecule has 5 nitrogen and oxygen atoms in total. The molecule has 0 saturated heterocycles. The molecule has 1 aromatic carbocycles. The van der Waals surface area contributed by atoms with Crippen LogP contribution in [0.3, 0.4) is 0 Å². The van der Waals surface area contributed by atoms with Gasteiger partial charge in [0.2, 0.25) is 5.91 Å². The minimum atomic E-state index is -1.87. The summed E-state index contributed by atoms with van der Waals surface area (Å²) in [5, 5.41) is 10.8. The third-order valence-electron chi connectivity index (χ3n) is 3.30. The number of imide groups is 1. The number of hydrogen-bond donors (Lipinski definition) is 1. The van der Waals surface area contributed by atoms with Gasteiger partial charge in [0.15, 0.2) is 5.60 Å². The lowest BCUT2D eigenvalue weighted by Gasteiger charge is -2.20. The molecule has 19 heavy (non-hydrogen) atoms. The second-order valence-corrected chi connectivity index (χ2v) is 4.40. The fourth-order valence-corrected chi connectivity index (χ4v) is 2.42. The summed E-state index contributed by atoms with van der Waals surface area (Å²) in [6.45, 7) is 1.29. The van der Waals surface area contributed by atoms with Gasteiger partial charge in [0, 0.05) is 18.1 Å². The predicted molar refractivity (Wildman–Crippen MR) is 66.3 cm³/mol. The summed E-state index contributed by atoms with van der Waals surface area (Å²) in [5.74, 6) is -1.11. The average molecular weight is 257 g/mol. The maximum Gasteiger partial charge on any atom is 0.275 e. The Morgan fingerprint density at radius 1 is 1.32 bits per heavy atom. The topological polar surface area (TPSA) is 70.8 Å². The lowest BCUT2D eigenvalue weighted by Crippen LogP contribution is -2.42. The summed E-state index contributed by atoms with van der Waals surface area (Å²) in [5.41, 5.74) is -0.760. The molecular weight excluding hydrogens is 246 g/mol. The zero-order chi connectivity index (χ0) is 13.6. The molecule has 96 valence electrons. The highest BCUT2D eigenvalue weighted by molar-refractivity contribution is 6.22. The van der Waals surface area contributed by atoms with Crippen LogP contribution in [0.2, 0.25) is 0 Å². The van der Waals surface area contributed by atoms with Crippen molar-refractivity contribution < 1.29 is 19.1 Å². The Morgan fingerprint density at radius 3 is 2.68 bits per heavy atom. The van der Waals surface area contributed by atoms with E-state index in [0.717, 1.165) is 4.90 Å². The number of furan rings is 1. The first-order chi connectivity index (χ1) is 9.06. The number of aliphatic hydroxyl groups is 1. The Morgan fingerprint density at radius 2 is 2.05 bits per heavy atom. The third kappa shape index (κ3) is 1.39. The monoisotopic (exact) mass is 257 g/mol. The third-order valence-corrected chi connectivity index (χ3v) is 3.30. The molecule has 0 saturated carbocycles. The van der Waals surface area contributed by atoms with Gasteiger partial charge >= 0.3 is 0 Å². The molecule has 5 heteroatoms. The molecule has 3 rings (SSSR count). The van der Waals surface area contributed by atoms with E-state index in [9.17, 15) is 14.7 Å². The number of para-hydroxylation sites is 1. The van der Waals surface area contributed by atoms with Gasteiger partial charge < -0.3 is 9.52 Å². The zero-order valence-corrected chi connectivity index (χ0v) is 10.2. The Labute approximate surface area is 109 Å². The summed E-state index contributed by atoms with van der Waals surface area (Å²) in [7, 11) is 0. The molecule has 1 N–H and O–H groups in total. The molecular formula is C14H11NO4. The van der Waals surface area contributed by atoms with Gasteiger partial charge in [-0.1, -0.05) is 18.2 Å². The largest absolute Gasteiger partial charge is 0.472 e. The number of carbonyl (C=O) groups is 2. The highest BCUT2D eigenvalue weighted by Gasteiger charge is 2.52. The number of amides is 2. The Balaban J connectivity index is 2.29. The Hall–Kier alpha value is -2.40. The van der Waals surface area contributed by atoms with E-state index in [4.69, 9.17) is 4.42 Å². The van der Waals surface area contributed by atoms with E-state index in [0.29, 0.717) is 16.8 Å². The van der Waals surface area contributed by atoms with Gasteiger partial charge in [-0.25, -0.2) is 4.90 Å². The van der Waals surface area contributed by atoms with Crippen molar-refractivity contribution in [2.75, 3.05) is 4.90 Å². The Bertz CT molecular complexity index is 662. The van der Waals surface area contributed by atoms with Crippen molar-refractivity contribution >= 4 is 17.5 Å². The number of carbonyl (C=O) groups excluding carboxylic acids is 2. The van der Waals surface area contributed by atoms with Crippen LogP contribution in [0.4, 0.5) is 5.69 Å². The molecule has 0 aliphatic carbocycles. The van der Waals surface area contributed by atoms with Crippen molar-refractivity contribution in [2.24, 2.45) is 0 Å². The van der Waals surface area contributed by atoms with Crippen LogP contribution < -0.4 is 4.90 Å². The summed E-state index contributed by atoms with van der Waals surface area (Å²) in [6, 6.07) is 8.19. The maximum absolute atomic E-state index is 12.4. The van der Waals surface area contributed by atoms with Gasteiger partial charge in [-0.05, 0) is 12.1 Å². The number of fused-ring (bicyclic) bond motifs is 1. The van der Waals surface area contributed by atoms with Crippen LogP contribution in [-0.2, 0) is 15.2 Å². The van der Waals surface area contributed by atoms with Crippen molar-refractivity contribution in [2.45, 2.75) is 12.5 Å². The van der Waals surface area contributed by atoms with Gasteiger partial charge in [0.1, 0.15) is 0 Å². The van der Waals surface area contributed by atoms with Gasteiger partial charge in [0.05, 0.1) is 18.2 Å². The van der Waals surface area contributed by atoms with Crippen LogP contribution in [-0.4, -0.2) is 16.9 Å². The molecule has 0 spiro atoms. The van der Waals surface area contributed by atoms with Crippen LogP contribution in [0.25, 0.3) is 0 Å². The first-order valence-electron chi connectivity index (χ1n) is 5.76. The molecule has 1 aliphatic rings. The van der Waals surface area contributed by atoms with Crippen LogP contribution in [0, 0.1) is 0 Å². The van der Waals surface area contributed by atoms with E-state index in [1.165, 1.54) is 25.5 Å². The van der Waals surface area contributed by atoms with Crippen molar-refractivity contribution in [3.63, 3.8) is 0 Å². The van der Waals surface area contributed by atoms with Gasteiger partial charge in [-0.3, -0.25) is 9.59 Å². The lowest BCUT2D eigenvalue weighted by molar-refractivity contribution is -0.135. The zero-order valence-electron chi connectivity index (χ0n) is 10.2. The smallest absolute Gasteiger partial charge is 0.275 e. The van der Waals surface area contributed by atoms with E-state index >= 15 is 0 Å². The average Bonchev–Trinajstić information content (AvgIpc) is 2.98. The first kappa shape index (κ1) is 11.7. The molecule has 0 radical (unpaired) electrons. The quantitative estimate of drug-likeness (QED) is 0.838. The first-order valence-corrected chi connectivity index (χ1v) is 5.76. The van der Waals surface area contributed by atoms with Crippen molar-refractivity contribution in [1.82, 2.24) is 0 Å². The number of rotatable bonds is 1. The van der Waals surface area contributed by atoms with Crippen molar-refractivity contribution in [3.8, 4) is 0 Å². The second kappa shape index (κ2) is 3.80. The summed E-state index contributed by atoms with van der Waals surface area (Å²) in [4.78, 5) is 25.1. The van der Waals surface area contributed by atoms with E-state index in [-0.39, 0.29) is 0 Å². The molecule has 1 unspecified atom stereocenters. The van der Waals surface area contributed by atoms with Crippen LogP contribution in [0.15, 0.2) is 47.3 Å². The summed E-state index contributed by atoms with van der Waals surface area (Å²) in [6.07, 6.45) is 2.68. The molecule has 0 bridgehead atoms. The van der Waals surface area contributed by atoms with Crippen LogP contribution >= 0.6 is 0 Å². The van der Waals surface area contributed by atoms with E-state index in [1.54, 1.807) is 24.3 Å².